The van der Waals surface area contributed by atoms with Crippen molar-refractivity contribution in [2.24, 2.45) is 0 Å². The number of esters is 1. The molecule has 0 saturated carbocycles. The molecule has 2 rings (SSSR count). The third-order valence-corrected chi connectivity index (χ3v) is 6.61. The number of benzene rings is 1. The third-order valence-electron chi connectivity index (χ3n) is 3.52. The van der Waals surface area contributed by atoms with Gasteiger partial charge in [-0.05, 0) is 43.0 Å². The van der Waals surface area contributed by atoms with Crippen molar-refractivity contribution in [2.45, 2.75) is 30.6 Å². The average Bonchev–Trinajstić information content (AvgIpc) is 3.13. The van der Waals surface area contributed by atoms with Crippen LogP contribution in [0, 0.1) is 6.92 Å². The summed E-state index contributed by atoms with van der Waals surface area (Å²) in [5.74, 6) is -1.19. The quantitative estimate of drug-likeness (QED) is 0.627. The minimum absolute atomic E-state index is 0.124. The standard InChI is InChI=1S/C17H19ClN2O5S2/c1-11-5-6-13(18)10-14(11)20-17(22)12(2)25-15(21)7-8-19-27(23,24)16-4-3-9-26-16/h3-6,9-10,12,19H,7-8H2,1-2H3,(H,20,22)/t12-/m1/s1. The topological polar surface area (TPSA) is 102 Å². The predicted molar refractivity (Wildman–Crippen MR) is 104 cm³/mol. The molecule has 0 fully saturated rings. The van der Waals surface area contributed by atoms with Gasteiger partial charge in [0.25, 0.3) is 5.91 Å². The van der Waals surface area contributed by atoms with E-state index in [9.17, 15) is 18.0 Å². The molecule has 2 aromatic rings. The fraction of sp³-hybridized carbons (Fsp3) is 0.294. The molecular formula is C17H19ClN2O5S2. The van der Waals surface area contributed by atoms with Crippen LogP contribution in [0.1, 0.15) is 18.9 Å². The molecule has 0 aliphatic carbocycles. The molecule has 0 spiro atoms. The van der Waals surface area contributed by atoms with Crippen molar-refractivity contribution in [2.75, 3.05) is 11.9 Å². The summed E-state index contributed by atoms with van der Waals surface area (Å²) in [4.78, 5) is 24.0. The summed E-state index contributed by atoms with van der Waals surface area (Å²) >= 11 is 6.98. The van der Waals surface area contributed by atoms with E-state index in [0.29, 0.717) is 10.7 Å². The molecule has 1 heterocycles. The highest BCUT2D eigenvalue weighted by atomic mass is 35.5. The van der Waals surface area contributed by atoms with Gasteiger partial charge in [-0.2, -0.15) is 0 Å². The Morgan fingerprint density at radius 1 is 1.30 bits per heavy atom. The van der Waals surface area contributed by atoms with Crippen molar-refractivity contribution in [3.63, 3.8) is 0 Å². The van der Waals surface area contributed by atoms with Crippen molar-refractivity contribution in [3.8, 4) is 0 Å². The van der Waals surface area contributed by atoms with Crippen LogP contribution >= 0.6 is 22.9 Å². The van der Waals surface area contributed by atoms with E-state index in [1.54, 1.807) is 29.6 Å². The third kappa shape index (κ3) is 6.31. The van der Waals surface area contributed by atoms with Crippen LogP contribution in [0.2, 0.25) is 5.02 Å². The van der Waals surface area contributed by atoms with Crippen molar-refractivity contribution in [1.29, 1.82) is 0 Å². The number of sulfonamides is 1. The Bertz CT molecular complexity index is 913. The van der Waals surface area contributed by atoms with Crippen LogP contribution < -0.4 is 10.0 Å². The lowest BCUT2D eigenvalue weighted by Gasteiger charge is -2.15. The number of thiophene rings is 1. The fourth-order valence-electron chi connectivity index (χ4n) is 2.05. The first kappa shape index (κ1) is 21.4. The number of aryl methyl sites for hydroxylation is 1. The van der Waals surface area contributed by atoms with Crippen molar-refractivity contribution in [1.82, 2.24) is 4.72 Å². The second kappa shape index (κ2) is 9.32. The van der Waals surface area contributed by atoms with Gasteiger partial charge in [0.1, 0.15) is 4.21 Å². The van der Waals surface area contributed by atoms with Gasteiger partial charge < -0.3 is 10.1 Å². The summed E-state index contributed by atoms with van der Waals surface area (Å²) in [6, 6.07) is 8.15. The minimum Gasteiger partial charge on any atom is -0.452 e. The van der Waals surface area contributed by atoms with E-state index in [-0.39, 0.29) is 17.2 Å². The van der Waals surface area contributed by atoms with Gasteiger partial charge in [-0.1, -0.05) is 23.7 Å². The molecule has 1 aromatic carbocycles. The van der Waals surface area contributed by atoms with Gasteiger partial charge in [0.05, 0.1) is 6.42 Å². The maximum Gasteiger partial charge on any atom is 0.307 e. The predicted octanol–water partition coefficient (Wildman–Crippen LogP) is 2.95. The Morgan fingerprint density at radius 2 is 2.04 bits per heavy atom. The second-order valence-electron chi connectivity index (χ2n) is 5.66. The minimum atomic E-state index is -3.64. The highest BCUT2D eigenvalue weighted by molar-refractivity contribution is 7.91. The lowest BCUT2D eigenvalue weighted by atomic mass is 10.2. The maximum atomic E-state index is 12.2. The van der Waals surface area contributed by atoms with Gasteiger partial charge in [-0.25, -0.2) is 13.1 Å². The van der Waals surface area contributed by atoms with Crippen molar-refractivity contribution >= 4 is 50.5 Å². The SMILES string of the molecule is Cc1ccc(Cl)cc1NC(=O)[C@@H](C)OC(=O)CCNS(=O)(=O)c1cccs1. The van der Waals surface area contributed by atoms with E-state index in [2.05, 4.69) is 10.0 Å². The molecule has 0 saturated heterocycles. The Hall–Kier alpha value is -1.94. The fourth-order valence-corrected chi connectivity index (χ4v) is 4.29. The average molecular weight is 431 g/mol. The smallest absolute Gasteiger partial charge is 0.307 e. The van der Waals surface area contributed by atoms with Gasteiger partial charge in [-0.15, -0.1) is 11.3 Å². The van der Waals surface area contributed by atoms with Crippen LogP contribution in [-0.2, 0) is 24.3 Å². The maximum absolute atomic E-state index is 12.2. The molecule has 1 aromatic heterocycles. The second-order valence-corrected chi connectivity index (χ2v) is 9.04. The lowest BCUT2D eigenvalue weighted by molar-refractivity contribution is -0.152. The van der Waals surface area contributed by atoms with Gasteiger partial charge >= 0.3 is 5.97 Å². The molecule has 0 radical (unpaired) electrons. The van der Waals surface area contributed by atoms with Crippen LogP contribution in [0.25, 0.3) is 0 Å². The summed E-state index contributed by atoms with van der Waals surface area (Å²) in [5.41, 5.74) is 1.34. The summed E-state index contributed by atoms with van der Waals surface area (Å²) in [7, 11) is -3.64. The number of anilines is 1. The zero-order valence-corrected chi connectivity index (χ0v) is 17.1. The van der Waals surface area contributed by atoms with Crippen LogP contribution in [0.15, 0.2) is 39.9 Å². The van der Waals surface area contributed by atoms with Gasteiger partial charge in [0.15, 0.2) is 6.10 Å². The van der Waals surface area contributed by atoms with Crippen LogP contribution in [-0.4, -0.2) is 32.9 Å². The number of halogens is 1. The van der Waals surface area contributed by atoms with Crippen LogP contribution in [0.3, 0.4) is 0 Å². The first-order valence-corrected chi connectivity index (χ1v) is 10.7. The lowest BCUT2D eigenvalue weighted by Crippen LogP contribution is -2.32. The van der Waals surface area contributed by atoms with E-state index in [4.69, 9.17) is 16.3 Å². The highest BCUT2D eigenvalue weighted by Gasteiger charge is 2.20. The molecule has 146 valence electrons. The number of carbonyl (C=O) groups is 2. The number of nitrogens with one attached hydrogen (secondary N) is 2. The van der Waals surface area contributed by atoms with E-state index in [1.165, 1.54) is 13.0 Å². The molecule has 1 amide bonds. The molecule has 0 aliphatic rings. The Balaban J connectivity index is 1.81. The molecule has 27 heavy (non-hydrogen) atoms. The molecule has 1 atom stereocenters. The number of carbonyl (C=O) groups excluding carboxylic acids is 2. The molecule has 0 unspecified atom stereocenters. The monoisotopic (exact) mass is 430 g/mol. The van der Waals surface area contributed by atoms with Crippen molar-refractivity contribution in [3.05, 3.63) is 46.3 Å². The Morgan fingerprint density at radius 3 is 2.70 bits per heavy atom. The number of hydrogen-bond donors (Lipinski definition) is 2. The summed E-state index contributed by atoms with van der Waals surface area (Å²) in [6.45, 7) is 3.12. The molecule has 2 N–H and O–H groups in total. The first-order chi connectivity index (χ1) is 12.7. The van der Waals surface area contributed by atoms with Gasteiger partial charge in [0.2, 0.25) is 10.0 Å². The molecule has 10 heteroatoms. The summed E-state index contributed by atoms with van der Waals surface area (Å²) < 4.78 is 31.4. The summed E-state index contributed by atoms with van der Waals surface area (Å²) in [6.07, 6.45) is -1.23. The largest absolute Gasteiger partial charge is 0.452 e. The van der Waals surface area contributed by atoms with E-state index in [1.807, 2.05) is 6.92 Å². The molecular weight excluding hydrogens is 412 g/mol. The van der Waals surface area contributed by atoms with Gasteiger partial charge in [-0.3, -0.25) is 9.59 Å². The first-order valence-electron chi connectivity index (χ1n) is 7.98. The van der Waals surface area contributed by atoms with Crippen molar-refractivity contribution < 1.29 is 22.7 Å². The Labute approximate surface area is 166 Å². The number of ether oxygens (including phenoxy) is 1. The van der Waals surface area contributed by atoms with E-state index in [0.717, 1.165) is 16.9 Å². The molecule has 7 nitrogen and oxygen atoms in total. The van der Waals surface area contributed by atoms with E-state index >= 15 is 0 Å². The zero-order valence-electron chi connectivity index (χ0n) is 14.7. The molecule has 0 bridgehead atoms. The van der Waals surface area contributed by atoms with E-state index < -0.39 is 28.0 Å². The van der Waals surface area contributed by atoms with Crippen LogP contribution in [0.5, 0.6) is 0 Å². The Kier molecular flexibility index (Phi) is 7.37. The number of rotatable bonds is 8. The molecule has 0 aliphatic heterocycles. The van der Waals surface area contributed by atoms with Gasteiger partial charge in [0, 0.05) is 17.3 Å². The number of hydrogen-bond acceptors (Lipinski definition) is 6. The highest BCUT2D eigenvalue weighted by Crippen LogP contribution is 2.20. The zero-order chi connectivity index (χ0) is 20.0. The van der Waals surface area contributed by atoms with Crippen LogP contribution in [0.4, 0.5) is 5.69 Å². The number of amides is 1. The summed E-state index contributed by atoms with van der Waals surface area (Å²) in [5, 5.41) is 4.76. The normalized spacial score (nSPS) is 12.4.